The van der Waals surface area contributed by atoms with Gasteiger partial charge in [-0.05, 0) is 24.6 Å². The Bertz CT molecular complexity index is 617. The summed E-state index contributed by atoms with van der Waals surface area (Å²) in [5.41, 5.74) is 7.52. The smallest absolute Gasteiger partial charge is 0.165 e. The average molecular weight is 308 g/mol. The van der Waals surface area contributed by atoms with Crippen LogP contribution in [0, 0.1) is 5.82 Å². The first-order chi connectivity index (χ1) is 9.77. The number of aromatic nitrogens is 1. The van der Waals surface area contributed by atoms with Crippen molar-refractivity contribution in [3.8, 4) is 5.75 Å². The van der Waals surface area contributed by atoms with Gasteiger partial charge in [0, 0.05) is 16.8 Å². The predicted molar refractivity (Wildman–Crippen MR) is 84.1 cm³/mol. The number of nitrogens with two attached hydrogens (primary N) is 1. The van der Waals surface area contributed by atoms with Gasteiger partial charge in [-0.1, -0.05) is 26.8 Å². The van der Waals surface area contributed by atoms with Gasteiger partial charge in [-0.25, -0.2) is 9.37 Å². The second kappa shape index (κ2) is 6.12. The van der Waals surface area contributed by atoms with Crippen molar-refractivity contribution in [3.05, 3.63) is 45.7 Å². The molecule has 0 unspecified atom stereocenters. The second-order valence-electron chi connectivity index (χ2n) is 6.14. The molecule has 0 bridgehead atoms. The van der Waals surface area contributed by atoms with E-state index < -0.39 is 5.82 Å². The highest BCUT2D eigenvalue weighted by atomic mass is 32.1. The fourth-order valence-corrected chi connectivity index (χ4v) is 2.71. The third kappa shape index (κ3) is 4.02. The lowest BCUT2D eigenvalue weighted by molar-refractivity contribution is 0.289. The lowest BCUT2D eigenvalue weighted by Gasteiger charge is -2.14. The Morgan fingerprint density at radius 3 is 2.62 bits per heavy atom. The standard InChI is InChI=1S/C16H21FN2OS/c1-10(18)11-5-6-13(12(17)7-11)20-8-15-19-14(9-21-15)16(2,3)4/h5-7,9-10H,8,18H2,1-4H3/t10-/m0/s1. The number of ether oxygens (including phenoxy) is 1. The van der Waals surface area contributed by atoms with E-state index in [0.29, 0.717) is 0 Å². The fourth-order valence-electron chi connectivity index (χ4n) is 1.78. The van der Waals surface area contributed by atoms with E-state index in [1.807, 2.05) is 12.3 Å². The highest BCUT2D eigenvalue weighted by molar-refractivity contribution is 7.09. The Labute approximate surface area is 129 Å². The number of benzene rings is 1. The molecule has 114 valence electrons. The highest BCUT2D eigenvalue weighted by Gasteiger charge is 2.17. The molecule has 0 aliphatic carbocycles. The third-order valence-electron chi connectivity index (χ3n) is 3.15. The number of hydrogen-bond donors (Lipinski definition) is 1. The van der Waals surface area contributed by atoms with Crippen molar-refractivity contribution in [1.82, 2.24) is 4.98 Å². The van der Waals surface area contributed by atoms with Gasteiger partial charge in [-0.3, -0.25) is 0 Å². The summed E-state index contributed by atoms with van der Waals surface area (Å²) < 4.78 is 19.4. The Kier molecular flexibility index (Phi) is 4.64. The lowest BCUT2D eigenvalue weighted by Crippen LogP contribution is -2.11. The summed E-state index contributed by atoms with van der Waals surface area (Å²) in [5, 5.41) is 2.87. The summed E-state index contributed by atoms with van der Waals surface area (Å²) in [6.45, 7) is 8.42. The van der Waals surface area contributed by atoms with Gasteiger partial charge in [0.15, 0.2) is 11.6 Å². The van der Waals surface area contributed by atoms with Gasteiger partial charge in [0.05, 0.1) is 5.69 Å². The van der Waals surface area contributed by atoms with Crippen LogP contribution in [0.2, 0.25) is 0 Å². The largest absolute Gasteiger partial charge is 0.483 e. The van der Waals surface area contributed by atoms with Crippen molar-refractivity contribution >= 4 is 11.3 Å². The van der Waals surface area contributed by atoms with Gasteiger partial charge >= 0.3 is 0 Å². The normalized spacial score (nSPS) is 13.2. The van der Waals surface area contributed by atoms with Crippen LogP contribution in [0.5, 0.6) is 5.75 Å². The predicted octanol–water partition coefficient (Wildman–Crippen LogP) is 4.18. The van der Waals surface area contributed by atoms with Crippen molar-refractivity contribution in [2.45, 2.75) is 45.8 Å². The SMILES string of the molecule is C[C@H](N)c1ccc(OCc2nc(C(C)(C)C)cs2)c(F)c1. The van der Waals surface area contributed by atoms with E-state index in [2.05, 4.69) is 25.8 Å². The zero-order valence-corrected chi connectivity index (χ0v) is 13.6. The first kappa shape index (κ1) is 15.9. The molecule has 0 aliphatic heterocycles. The monoisotopic (exact) mass is 308 g/mol. The molecule has 0 fully saturated rings. The van der Waals surface area contributed by atoms with Gasteiger partial charge in [0.25, 0.3) is 0 Å². The van der Waals surface area contributed by atoms with Crippen LogP contribution in [0.1, 0.15) is 50.0 Å². The van der Waals surface area contributed by atoms with Gasteiger partial charge < -0.3 is 10.5 Å². The van der Waals surface area contributed by atoms with Gasteiger partial charge in [0.2, 0.25) is 0 Å². The molecule has 2 rings (SSSR count). The van der Waals surface area contributed by atoms with Crippen LogP contribution in [0.4, 0.5) is 4.39 Å². The van der Waals surface area contributed by atoms with E-state index in [-0.39, 0.29) is 23.8 Å². The van der Waals surface area contributed by atoms with E-state index in [4.69, 9.17) is 10.5 Å². The Morgan fingerprint density at radius 2 is 2.10 bits per heavy atom. The number of nitrogens with zero attached hydrogens (tertiary/aromatic N) is 1. The fraction of sp³-hybridized carbons (Fsp3) is 0.438. The molecule has 0 amide bonds. The molecule has 1 heterocycles. The summed E-state index contributed by atoms with van der Waals surface area (Å²) in [6, 6.07) is 4.63. The minimum absolute atomic E-state index is 0.0128. The zero-order valence-electron chi connectivity index (χ0n) is 12.8. The van der Waals surface area contributed by atoms with Gasteiger partial charge in [-0.15, -0.1) is 11.3 Å². The van der Waals surface area contributed by atoms with Crippen LogP contribution < -0.4 is 10.5 Å². The van der Waals surface area contributed by atoms with Crippen molar-refractivity contribution in [2.75, 3.05) is 0 Å². The molecule has 2 aromatic rings. The number of rotatable bonds is 4. The summed E-state index contributed by atoms with van der Waals surface area (Å²) in [6.07, 6.45) is 0. The first-order valence-corrected chi connectivity index (χ1v) is 7.78. The minimum Gasteiger partial charge on any atom is -0.483 e. The van der Waals surface area contributed by atoms with Crippen molar-refractivity contribution < 1.29 is 9.13 Å². The van der Waals surface area contributed by atoms with E-state index in [9.17, 15) is 4.39 Å². The van der Waals surface area contributed by atoms with Crippen LogP contribution in [-0.2, 0) is 12.0 Å². The Morgan fingerprint density at radius 1 is 1.38 bits per heavy atom. The number of hydrogen-bond acceptors (Lipinski definition) is 4. The molecule has 1 atom stereocenters. The first-order valence-electron chi connectivity index (χ1n) is 6.90. The van der Waals surface area contributed by atoms with E-state index in [0.717, 1.165) is 16.3 Å². The van der Waals surface area contributed by atoms with Crippen LogP contribution >= 0.6 is 11.3 Å². The van der Waals surface area contributed by atoms with E-state index in [1.165, 1.54) is 17.4 Å². The Hall–Kier alpha value is -1.46. The molecule has 0 saturated carbocycles. The quantitative estimate of drug-likeness (QED) is 0.922. The topological polar surface area (TPSA) is 48.1 Å². The van der Waals surface area contributed by atoms with Gasteiger partial charge in [0.1, 0.15) is 11.6 Å². The van der Waals surface area contributed by atoms with Crippen molar-refractivity contribution in [2.24, 2.45) is 5.73 Å². The summed E-state index contributed by atoms with van der Waals surface area (Å²) in [4.78, 5) is 4.52. The maximum Gasteiger partial charge on any atom is 0.165 e. The van der Waals surface area contributed by atoms with Crippen LogP contribution in [0.3, 0.4) is 0 Å². The molecule has 1 aromatic heterocycles. The van der Waals surface area contributed by atoms with Crippen LogP contribution in [0.15, 0.2) is 23.6 Å². The summed E-state index contributed by atoms with van der Waals surface area (Å²) >= 11 is 1.53. The highest BCUT2D eigenvalue weighted by Crippen LogP contribution is 2.26. The maximum atomic E-state index is 13.9. The molecular formula is C16H21FN2OS. The van der Waals surface area contributed by atoms with Crippen LogP contribution in [0.25, 0.3) is 0 Å². The Balaban J connectivity index is 2.05. The summed E-state index contributed by atoms with van der Waals surface area (Å²) in [7, 11) is 0. The summed E-state index contributed by atoms with van der Waals surface area (Å²) in [5.74, 6) is -0.163. The average Bonchev–Trinajstić information content (AvgIpc) is 2.85. The third-order valence-corrected chi connectivity index (χ3v) is 3.98. The molecule has 0 aliphatic rings. The molecule has 0 radical (unpaired) electrons. The molecule has 0 spiro atoms. The molecule has 5 heteroatoms. The van der Waals surface area contributed by atoms with Crippen molar-refractivity contribution in [1.29, 1.82) is 0 Å². The zero-order chi connectivity index (χ0) is 15.6. The number of thiazole rings is 1. The molecule has 3 nitrogen and oxygen atoms in total. The van der Waals surface area contributed by atoms with Crippen LogP contribution in [-0.4, -0.2) is 4.98 Å². The molecule has 2 N–H and O–H groups in total. The minimum atomic E-state index is -0.391. The van der Waals surface area contributed by atoms with E-state index >= 15 is 0 Å². The second-order valence-corrected chi connectivity index (χ2v) is 7.09. The molecular weight excluding hydrogens is 287 g/mol. The molecule has 0 saturated heterocycles. The number of halogens is 1. The van der Waals surface area contributed by atoms with Gasteiger partial charge in [-0.2, -0.15) is 0 Å². The molecule has 21 heavy (non-hydrogen) atoms. The maximum absolute atomic E-state index is 13.9. The van der Waals surface area contributed by atoms with E-state index in [1.54, 1.807) is 12.1 Å². The molecule has 1 aromatic carbocycles. The van der Waals surface area contributed by atoms with Crippen molar-refractivity contribution in [3.63, 3.8) is 0 Å². The lowest BCUT2D eigenvalue weighted by atomic mass is 9.93.